The van der Waals surface area contributed by atoms with E-state index >= 15 is 0 Å². The van der Waals surface area contributed by atoms with Gasteiger partial charge in [-0.05, 0) is 12.1 Å². The molecule has 0 saturated heterocycles. The van der Waals surface area contributed by atoms with Gasteiger partial charge in [0.2, 0.25) is 0 Å². The number of nitriles is 2. The molecule has 0 spiro atoms. The molecule has 178 valence electrons. The lowest BCUT2D eigenvalue weighted by Gasteiger charge is -2.41. The second-order valence-corrected chi connectivity index (χ2v) is 5.93. The highest BCUT2D eigenvalue weighted by Gasteiger charge is 2.93. The summed E-state index contributed by atoms with van der Waals surface area (Å²) < 4.78 is 198. The van der Waals surface area contributed by atoms with Crippen molar-refractivity contribution in [3.8, 4) is 12.1 Å². The molecule has 32 heavy (non-hydrogen) atoms. The molecular weight excluding hydrogens is 493 g/mol. The first-order valence-electron chi connectivity index (χ1n) is 7.27. The number of alkyl halides is 15. The Kier molecular flexibility index (Phi) is 6.24. The molecule has 0 aliphatic carbocycles. The fourth-order valence-corrected chi connectivity index (χ4v) is 2.08. The molecule has 1 rings (SSSR count). The molecule has 0 unspecified atom stereocenters. The molecular formula is C15H3F15N2. The van der Waals surface area contributed by atoms with Crippen molar-refractivity contribution in [1.29, 1.82) is 10.5 Å². The van der Waals surface area contributed by atoms with Crippen LogP contribution in [0.25, 0.3) is 0 Å². The standard InChI is InChI=1S/C15H3F15N2/c16-9(17,8-2-1-6(4-31)7(3-8)5-32)10(18,19)11(20,21)12(22,23)13(24,25)14(26,27)15(28,29)30/h1-3H. The first-order chi connectivity index (χ1) is 14.0. The summed E-state index contributed by atoms with van der Waals surface area (Å²) in [5, 5.41) is 17.2. The molecule has 0 aliphatic heterocycles. The third-order valence-electron chi connectivity index (χ3n) is 3.95. The lowest BCUT2D eigenvalue weighted by atomic mass is 9.88. The van der Waals surface area contributed by atoms with Crippen LogP contribution in [0.4, 0.5) is 65.9 Å². The molecule has 0 aromatic heterocycles. The normalized spacial score (nSPS) is 14.7. The minimum atomic E-state index is -8.39. The monoisotopic (exact) mass is 496 g/mol. The molecule has 1 aromatic rings. The van der Waals surface area contributed by atoms with Gasteiger partial charge < -0.3 is 0 Å². The summed E-state index contributed by atoms with van der Waals surface area (Å²) in [7, 11) is 0. The van der Waals surface area contributed by atoms with Crippen LogP contribution in [0.3, 0.4) is 0 Å². The van der Waals surface area contributed by atoms with Crippen LogP contribution in [0.2, 0.25) is 0 Å². The average molecular weight is 496 g/mol. The molecule has 2 nitrogen and oxygen atoms in total. The quantitative estimate of drug-likeness (QED) is 0.437. The SMILES string of the molecule is N#Cc1ccc(C(F)(F)C(F)(F)C(F)(F)C(F)(F)C(F)(F)C(F)(F)C(F)(F)F)cc1C#N. The van der Waals surface area contributed by atoms with Gasteiger partial charge in [0.05, 0.1) is 11.1 Å². The predicted molar refractivity (Wildman–Crippen MR) is 70.6 cm³/mol. The Morgan fingerprint density at radius 1 is 0.500 bits per heavy atom. The van der Waals surface area contributed by atoms with Gasteiger partial charge in [0.1, 0.15) is 12.1 Å². The van der Waals surface area contributed by atoms with Crippen molar-refractivity contribution in [3.63, 3.8) is 0 Å². The number of hydrogen-bond donors (Lipinski definition) is 0. The molecule has 17 heteroatoms. The summed E-state index contributed by atoms with van der Waals surface area (Å²) in [4.78, 5) is 0. The van der Waals surface area contributed by atoms with E-state index in [1.54, 1.807) is 0 Å². The Morgan fingerprint density at radius 3 is 1.25 bits per heavy atom. The topological polar surface area (TPSA) is 47.6 Å². The van der Waals surface area contributed by atoms with Crippen molar-refractivity contribution in [1.82, 2.24) is 0 Å². The highest BCUT2D eigenvalue weighted by Crippen LogP contribution is 2.63. The fourth-order valence-electron chi connectivity index (χ4n) is 2.08. The first kappa shape index (κ1) is 27.2. The molecule has 1 aromatic carbocycles. The summed E-state index contributed by atoms with van der Waals surface area (Å²) >= 11 is 0. The summed E-state index contributed by atoms with van der Waals surface area (Å²) in [6, 6.07) is 1.57. The largest absolute Gasteiger partial charge is 0.460 e. The van der Waals surface area contributed by atoms with Crippen LogP contribution >= 0.6 is 0 Å². The lowest BCUT2D eigenvalue weighted by molar-refractivity contribution is -0.453. The Hall–Kier alpha value is -2.85. The predicted octanol–water partition coefficient (Wildman–Crippen LogP) is 6.26. The first-order valence-corrected chi connectivity index (χ1v) is 7.27. The third kappa shape index (κ3) is 3.38. The molecule has 0 heterocycles. The van der Waals surface area contributed by atoms with Gasteiger partial charge >= 0.3 is 41.7 Å². The van der Waals surface area contributed by atoms with Crippen molar-refractivity contribution in [2.24, 2.45) is 0 Å². The number of halogens is 15. The minimum Gasteiger partial charge on any atom is -0.194 e. The second kappa shape index (κ2) is 7.35. The van der Waals surface area contributed by atoms with E-state index in [1.165, 1.54) is 0 Å². The maximum Gasteiger partial charge on any atom is 0.460 e. The van der Waals surface area contributed by atoms with Gasteiger partial charge in [-0.15, -0.1) is 0 Å². The van der Waals surface area contributed by atoms with E-state index in [4.69, 9.17) is 10.5 Å². The van der Waals surface area contributed by atoms with Crippen LogP contribution in [0, 0.1) is 22.7 Å². The van der Waals surface area contributed by atoms with Gasteiger partial charge in [0.25, 0.3) is 0 Å². The maximum atomic E-state index is 14.0. The van der Waals surface area contributed by atoms with E-state index in [9.17, 15) is 65.9 Å². The second-order valence-electron chi connectivity index (χ2n) is 5.93. The zero-order valence-electron chi connectivity index (χ0n) is 14.3. The maximum absolute atomic E-state index is 14.0. The Bertz CT molecular complexity index is 963. The number of benzene rings is 1. The van der Waals surface area contributed by atoms with Crippen molar-refractivity contribution in [2.45, 2.75) is 41.7 Å². The van der Waals surface area contributed by atoms with Crippen molar-refractivity contribution >= 4 is 0 Å². The van der Waals surface area contributed by atoms with Crippen LogP contribution in [0.5, 0.6) is 0 Å². The Labute approximate surface area is 166 Å². The van der Waals surface area contributed by atoms with Crippen LogP contribution in [-0.4, -0.2) is 35.8 Å². The van der Waals surface area contributed by atoms with Crippen LogP contribution < -0.4 is 0 Å². The zero-order chi connectivity index (χ0) is 25.8. The number of nitrogens with zero attached hydrogens (tertiary/aromatic N) is 2. The minimum absolute atomic E-state index is 0.139. The molecule has 0 saturated carbocycles. The van der Waals surface area contributed by atoms with Gasteiger partial charge in [-0.3, -0.25) is 0 Å². The Balaban J connectivity index is 3.74. The van der Waals surface area contributed by atoms with E-state index in [2.05, 4.69) is 0 Å². The molecule has 0 atom stereocenters. The molecule has 0 N–H and O–H groups in total. The van der Waals surface area contributed by atoms with Crippen LogP contribution in [-0.2, 0) is 5.92 Å². The Morgan fingerprint density at radius 2 is 0.875 bits per heavy atom. The van der Waals surface area contributed by atoms with Gasteiger partial charge in [0.15, 0.2) is 0 Å². The van der Waals surface area contributed by atoms with Crippen molar-refractivity contribution in [3.05, 3.63) is 34.9 Å². The molecule has 0 aliphatic rings. The van der Waals surface area contributed by atoms with Crippen LogP contribution in [0.1, 0.15) is 16.7 Å². The lowest BCUT2D eigenvalue weighted by Crippen LogP contribution is -2.72. The van der Waals surface area contributed by atoms with E-state index in [-0.39, 0.29) is 12.1 Å². The smallest absolute Gasteiger partial charge is 0.194 e. The van der Waals surface area contributed by atoms with Crippen molar-refractivity contribution < 1.29 is 65.9 Å². The molecule has 0 amide bonds. The zero-order valence-corrected chi connectivity index (χ0v) is 14.3. The van der Waals surface area contributed by atoms with E-state index in [0.29, 0.717) is 0 Å². The molecule has 0 bridgehead atoms. The highest BCUT2D eigenvalue weighted by atomic mass is 19.4. The van der Waals surface area contributed by atoms with Gasteiger partial charge in [-0.1, -0.05) is 6.07 Å². The third-order valence-corrected chi connectivity index (χ3v) is 3.95. The van der Waals surface area contributed by atoms with Crippen LogP contribution in [0.15, 0.2) is 18.2 Å². The van der Waals surface area contributed by atoms with Gasteiger partial charge in [0, 0.05) is 5.56 Å². The van der Waals surface area contributed by atoms with E-state index < -0.39 is 64.5 Å². The molecule has 0 fully saturated rings. The summed E-state index contributed by atoms with van der Waals surface area (Å²) in [5.41, 5.74) is -4.47. The van der Waals surface area contributed by atoms with E-state index in [1.807, 2.05) is 0 Å². The molecule has 0 radical (unpaired) electrons. The van der Waals surface area contributed by atoms with Gasteiger partial charge in [-0.2, -0.15) is 76.4 Å². The van der Waals surface area contributed by atoms with Crippen molar-refractivity contribution in [2.75, 3.05) is 0 Å². The van der Waals surface area contributed by atoms with E-state index in [0.717, 1.165) is 12.1 Å². The fraction of sp³-hybridized carbons (Fsp3) is 0.467. The summed E-state index contributed by atoms with van der Waals surface area (Å²) in [6.45, 7) is 0. The average Bonchev–Trinajstić information content (AvgIpc) is 2.65. The number of hydrogen-bond acceptors (Lipinski definition) is 2. The highest BCUT2D eigenvalue weighted by molar-refractivity contribution is 5.48. The summed E-state index contributed by atoms with van der Waals surface area (Å²) in [6.07, 6.45) is -7.68. The van der Waals surface area contributed by atoms with Gasteiger partial charge in [-0.25, -0.2) is 0 Å². The summed E-state index contributed by atoms with van der Waals surface area (Å²) in [5.74, 6) is -47.4. The number of rotatable bonds is 6.